The van der Waals surface area contributed by atoms with Gasteiger partial charge in [0.05, 0.1) is 18.4 Å². The van der Waals surface area contributed by atoms with Crippen LogP contribution in [0.3, 0.4) is 0 Å². The van der Waals surface area contributed by atoms with Crippen molar-refractivity contribution in [1.29, 1.82) is 0 Å². The molecule has 0 radical (unpaired) electrons. The lowest BCUT2D eigenvalue weighted by Gasteiger charge is -2.15. The Labute approximate surface area is 98.9 Å². The van der Waals surface area contributed by atoms with E-state index in [9.17, 15) is 8.42 Å². The molecule has 0 aliphatic rings. The van der Waals surface area contributed by atoms with Gasteiger partial charge >= 0.3 is 0 Å². The smallest absolute Gasteiger partial charge is 0.246 e. The molecule has 2 heterocycles. The van der Waals surface area contributed by atoms with E-state index in [1.165, 1.54) is 17.5 Å². The second-order valence-corrected chi connectivity index (χ2v) is 5.67. The molecule has 2 aromatic rings. The highest BCUT2D eigenvalue weighted by Crippen LogP contribution is 2.17. The number of H-pyrrole nitrogens is 2. The molecule has 0 saturated carbocycles. The first-order valence-corrected chi connectivity index (χ1v) is 6.40. The van der Waals surface area contributed by atoms with Gasteiger partial charge in [-0.15, -0.1) is 0 Å². The molecule has 0 spiro atoms. The van der Waals surface area contributed by atoms with E-state index in [0.29, 0.717) is 11.5 Å². The third-order valence-electron chi connectivity index (χ3n) is 2.40. The predicted octanol–water partition coefficient (Wildman–Crippen LogP) is 0.262. The normalized spacial score (nSPS) is 12.2. The first kappa shape index (κ1) is 11.8. The summed E-state index contributed by atoms with van der Waals surface area (Å²) in [7, 11) is -2.02. The highest BCUT2D eigenvalue weighted by Gasteiger charge is 2.24. The summed E-state index contributed by atoms with van der Waals surface area (Å²) < 4.78 is 25.6. The molecule has 92 valence electrons. The van der Waals surface area contributed by atoms with Crippen LogP contribution in [-0.4, -0.2) is 39.9 Å². The summed E-state index contributed by atoms with van der Waals surface area (Å²) in [6.45, 7) is 1.86. The number of rotatable bonds is 4. The van der Waals surface area contributed by atoms with Crippen LogP contribution in [0.2, 0.25) is 0 Å². The van der Waals surface area contributed by atoms with Gasteiger partial charge in [-0.1, -0.05) is 0 Å². The molecule has 8 heteroatoms. The van der Waals surface area contributed by atoms with Crippen molar-refractivity contribution in [1.82, 2.24) is 24.5 Å². The zero-order valence-corrected chi connectivity index (χ0v) is 10.3. The number of nitrogens with zero attached hydrogens (tertiary/aromatic N) is 3. The minimum Gasteiger partial charge on any atom is -0.347 e. The van der Waals surface area contributed by atoms with Crippen molar-refractivity contribution in [3.8, 4) is 0 Å². The maximum atomic E-state index is 12.2. The molecule has 0 amide bonds. The Balaban J connectivity index is 2.25. The molecule has 2 aromatic heterocycles. The standard InChI is InChI=1S/C9H13N5O2S/c1-7-8(5-12-13-7)17(15,16)14(2)6-9-10-3-4-11-9/h3-5H,6H2,1-2H3,(H,10,11)(H,12,13). The maximum absolute atomic E-state index is 12.2. The summed E-state index contributed by atoms with van der Waals surface area (Å²) >= 11 is 0. The second-order valence-electron chi connectivity index (χ2n) is 3.66. The molecule has 17 heavy (non-hydrogen) atoms. The molecule has 0 saturated heterocycles. The molecule has 7 nitrogen and oxygen atoms in total. The van der Waals surface area contributed by atoms with Crippen LogP contribution in [0, 0.1) is 6.92 Å². The molecule has 0 aromatic carbocycles. The molecule has 0 atom stereocenters. The average molecular weight is 255 g/mol. The van der Waals surface area contributed by atoms with Crippen LogP contribution in [0.15, 0.2) is 23.5 Å². The number of aryl methyl sites for hydroxylation is 1. The molecular formula is C9H13N5O2S. The van der Waals surface area contributed by atoms with Gasteiger partial charge in [0.15, 0.2) is 0 Å². The third-order valence-corrected chi connectivity index (χ3v) is 4.32. The van der Waals surface area contributed by atoms with Crippen LogP contribution in [0.5, 0.6) is 0 Å². The van der Waals surface area contributed by atoms with Crippen LogP contribution < -0.4 is 0 Å². The number of nitrogens with one attached hydrogen (secondary N) is 2. The van der Waals surface area contributed by atoms with Gasteiger partial charge in [0, 0.05) is 19.4 Å². The Morgan fingerprint density at radius 3 is 2.76 bits per heavy atom. The van der Waals surface area contributed by atoms with Crippen molar-refractivity contribution >= 4 is 10.0 Å². The minimum atomic E-state index is -3.52. The second kappa shape index (κ2) is 4.30. The van der Waals surface area contributed by atoms with Gasteiger partial charge in [0.2, 0.25) is 10.0 Å². The number of aromatic nitrogens is 4. The molecule has 2 rings (SSSR count). The highest BCUT2D eigenvalue weighted by atomic mass is 32.2. The lowest BCUT2D eigenvalue weighted by Crippen LogP contribution is -2.27. The molecule has 2 N–H and O–H groups in total. The van der Waals surface area contributed by atoms with Gasteiger partial charge in [-0.05, 0) is 6.92 Å². The van der Waals surface area contributed by atoms with Gasteiger partial charge in [0.25, 0.3) is 0 Å². The molecule has 0 bridgehead atoms. The van der Waals surface area contributed by atoms with Gasteiger partial charge in [0.1, 0.15) is 10.7 Å². The summed E-state index contributed by atoms with van der Waals surface area (Å²) in [5.74, 6) is 0.595. The number of imidazole rings is 1. The molecule has 0 fully saturated rings. The van der Waals surface area contributed by atoms with E-state index in [1.807, 2.05) is 0 Å². The summed E-state index contributed by atoms with van der Waals surface area (Å²) in [6, 6.07) is 0. The van der Waals surface area contributed by atoms with Crippen molar-refractivity contribution in [3.05, 3.63) is 30.1 Å². The maximum Gasteiger partial charge on any atom is 0.246 e. The van der Waals surface area contributed by atoms with Crippen LogP contribution in [0.1, 0.15) is 11.5 Å². The van der Waals surface area contributed by atoms with Crippen LogP contribution in [-0.2, 0) is 16.6 Å². The Morgan fingerprint density at radius 1 is 1.47 bits per heavy atom. The van der Waals surface area contributed by atoms with Crippen molar-refractivity contribution in [3.63, 3.8) is 0 Å². The summed E-state index contributed by atoms with van der Waals surface area (Å²) in [4.78, 5) is 7.03. The van der Waals surface area contributed by atoms with E-state index >= 15 is 0 Å². The van der Waals surface area contributed by atoms with Gasteiger partial charge < -0.3 is 4.98 Å². The average Bonchev–Trinajstić information content (AvgIpc) is 2.89. The third kappa shape index (κ3) is 2.22. The summed E-state index contributed by atoms with van der Waals surface area (Å²) in [5, 5.41) is 6.32. The number of hydrogen-bond acceptors (Lipinski definition) is 4. The van der Waals surface area contributed by atoms with E-state index < -0.39 is 10.0 Å². The van der Waals surface area contributed by atoms with Crippen LogP contribution >= 0.6 is 0 Å². The Morgan fingerprint density at radius 2 is 2.24 bits per heavy atom. The molecule has 0 aliphatic heterocycles. The number of sulfonamides is 1. The van der Waals surface area contributed by atoms with E-state index in [1.54, 1.807) is 19.3 Å². The van der Waals surface area contributed by atoms with E-state index in [0.717, 1.165) is 0 Å². The molecular weight excluding hydrogens is 242 g/mol. The fraction of sp³-hybridized carbons (Fsp3) is 0.333. The number of aromatic amines is 2. The van der Waals surface area contributed by atoms with Gasteiger partial charge in [-0.25, -0.2) is 13.4 Å². The zero-order valence-electron chi connectivity index (χ0n) is 9.51. The minimum absolute atomic E-state index is 0.187. The van der Waals surface area contributed by atoms with Crippen LogP contribution in [0.4, 0.5) is 0 Å². The van der Waals surface area contributed by atoms with Crippen molar-refractivity contribution in [2.45, 2.75) is 18.4 Å². The zero-order chi connectivity index (χ0) is 12.5. The lowest BCUT2D eigenvalue weighted by atomic mass is 10.5. The predicted molar refractivity (Wildman–Crippen MR) is 60.6 cm³/mol. The Kier molecular flexibility index (Phi) is 2.99. The summed E-state index contributed by atoms with van der Waals surface area (Å²) in [6.07, 6.45) is 4.54. The van der Waals surface area contributed by atoms with Crippen molar-refractivity contribution in [2.24, 2.45) is 0 Å². The topological polar surface area (TPSA) is 94.7 Å². The van der Waals surface area contributed by atoms with E-state index in [2.05, 4.69) is 20.2 Å². The first-order chi connectivity index (χ1) is 8.01. The van der Waals surface area contributed by atoms with Crippen molar-refractivity contribution < 1.29 is 8.42 Å². The largest absolute Gasteiger partial charge is 0.347 e. The van der Waals surface area contributed by atoms with E-state index in [-0.39, 0.29) is 11.4 Å². The van der Waals surface area contributed by atoms with Gasteiger partial charge in [-0.2, -0.15) is 9.40 Å². The number of hydrogen-bond donors (Lipinski definition) is 2. The van der Waals surface area contributed by atoms with E-state index in [4.69, 9.17) is 0 Å². The molecule has 0 unspecified atom stereocenters. The van der Waals surface area contributed by atoms with Crippen LogP contribution in [0.25, 0.3) is 0 Å². The Bertz CT molecular complexity index is 587. The quantitative estimate of drug-likeness (QED) is 0.819. The molecule has 0 aliphatic carbocycles. The lowest BCUT2D eigenvalue weighted by molar-refractivity contribution is 0.458. The monoisotopic (exact) mass is 255 g/mol. The fourth-order valence-electron chi connectivity index (χ4n) is 1.45. The highest BCUT2D eigenvalue weighted by molar-refractivity contribution is 7.89. The van der Waals surface area contributed by atoms with Crippen molar-refractivity contribution in [2.75, 3.05) is 7.05 Å². The Hall–Kier alpha value is -1.67. The first-order valence-electron chi connectivity index (χ1n) is 4.96. The summed E-state index contributed by atoms with van der Waals surface area (Å²) in [5.41, 5.74) is 0.524. The SMILES string of the molecule is Cc1[nH]ncc1S(=O)(=O)N(C)Cc1ncc[nH]1. The fourth-order valence-corrected chi connectivity index (χ4v) is 2.69. The van der Waals surface area contributed by atoms with Gasteiger partial charge in [-0.3, -0.25) is 5.10 Å².